The van der Waals surface area contributed by atoms with E-state index < -0.39 is 21.3 Å². The van der Waals surface area contributed by atoms with Crippen molar-refractivity contribution in [3.05, 3.63) is 59.0 Å². The van der Waals surface area contributed by atoms with Gasteiger partial charge < -0.3 is 5.11 Å². The summed E-state index contributed by atoms with van der Waals surface area (Å²) in [4.78, 5) is 11.5. The van der Waals surface area contributed by atoms with Crippen LogP contribution in [-0.2, 0) is 31.1 Å². The van der Waals surface area contributed by atoms with Gasteiger partial charge in [-0.2, -0.15) is 0 Å². The molecule has 0 saturated heterocycles. The third-order valence-corrected chi connectivity index (χ3v) is 3.87. The second-order valence-corrected chi connectivity index (χ2v) is 5.13. The summed E-state index contributed by atoms with van der Waals surface area (Å²) in [7, 11) is -3.95. The maximum Gasteiger partial charge on any atom is 0.306 e. The van der Waals surface area contributed by atoms with Crippen molar-refractivity contribution >= 4 is 10.0 Å². The molecule has 18 heavy (non-hydrogen) atoms. The first-order chi connectivity index (χ1) is 8.03. The van der Waals surface area contributed by atoms with Crippen LogP contribution in [0.1, 0.15) is 0 Å². The molecule has 1 aromatic heterocycles. The molecule has 2 aromatic rings. The molecule has 5 nitrogen and oxygen atoms in total. The van der Waals surface area contributed by atoms with Crippen molar-refractivity contribution in [1.29, 1.82) is 0 Å². The molecule has 0 aliphatic carbocycles. The third-order valence-electron chi connectivity index (χ3n) is 2.19. The van der Waals surface area contributed by atoms with Gasteiger partial charge in [0.05, 0.1) is 4.90 Å². The van der Waals surface area contributed by atoms with Crippen LogP contribution in [0.25, 0.3) is 0 Å². The van der Waals surface area contributed by atoms with Crippen molar-refractivity contribution in [3.63, 3.8) is 0 Å². The first kappa shape index (κ1) is 14.7. The summed E-state index contributed by atoms with van der Waals surface area (Å²) in [6.45, 7) is 0. The van der Waals surface area contributed by atoms with E-state index in [-0.39, 0.29) is 26.0 Å². The molecule has 0 fully saturated rings. The summed E-state index contributed by atoms with van der Waals surface area (Å²) in [5.74, 6) is -0.605. The molecule has 0 radical (unpaired) electrons. The van der Waals surface area contributed by atoms with Crippen LogP contribution >= 0.6 is 0 Å². The van der Waals surface area contributed by atoms with Crippen molar-refractivity contribution in [3.8, 4) is 5.75 Å². The minimum absolute atomic E-state index is 0. The van der Waals surface area contributed by atoms with Gasteiger partial charge in [-0.05, 0) is 24.3 Å². The number of hydrogen-bond donors (Lipinski definition) is 1. The Morgan fingerprint density at radius 2 is 1.61 bits per heavy atom. The average Bonchev–Trinajstić information content (AvgIpc) is 2.33. The third kappa shape index (κ3) is 2.54. The Balaban J connectivity index is 0.00000162. The fourth-order valence-electron chi connectivity index (χ4n) is 1.36. The van der Waals surface area contributed by atoms with Gasteiger partial charge in [0.1, 0.15) is 0 Å². The monoisotopic (exact) mass is 435 g/mol. The van der Waals surface area contributed by atoms with E-state index >= 15 is 0 Å². The molecule has 94 valence electrons. The zero-order valence-electron chi connectivity index (χ0n) is 9.05. The number of nitrogens with zero attached hydrogens (tertiary/aromatic N) is 1. The zero-order valence-corrected chi connectivity index (χ0v) is 12.8. The van der Waals surface area contributed by atoms with Crippen molar-refractivity contribution in [2.45, 2.75) is 4.90 Å². The SMILES string of the molecule is O=c1c(O)cccn1S(=O)(=O)c1ccccc1.[W]. The van der Waals surface area contributed by atoms with E-state index in [1.54, 1.807) is 18.2 Å². The summed E-state index contributed by atoms with van der Waals surface area (Å²) in [6, 6.07) is 9.97. The predicted octanol–water partition coefficient (Wildman–Crippen LogP) is 0.788. The maximum absolute atomic E-state index is 12.1. The molecule has 1 heterocycles. The Morgan fingerprint density at radius 3 is 2.22 bits per heavy atom. The van der Waals surface area contributed by atoms with Crippen LogP contribution in [0.15, 0.2) is 58.4 Å². The summed E-state index contributed by atoms with van der Waals surface area (Å²) in [5.41, 5.74) is -0.962. The fourth-order valence-corrected chi connectivity index (χ4v) is 2.63. The van der Waals surface area contributed by atoms with Crippen LogP contribution in [0.2, 0.25) is 0 Å². The standard InChI is InChI=1S/C11H9NO4S.W/c13-10-7-4-8-12(11(10)14)17(15,16)9-5-2-1-3-6-9;/h1-8,13H;. The molecular weight excluding hydrogens is 426 g/mol. The first-order valence-electron chi connectivity index (χ1n) is 4.75. The molecule has 0 aliphatic rings. The molecule has 0 unspecified atom stereocenters. The van der Waals surface area contributed by atoms with E-state index in [0.717, 1.165) is 12.3 Å². The van der Waals surface area contributed by atoms with Gasteiger partial charge in [-0.15, -0.1) is 0 Å². The second kappa shape index (κ2) is 5.50. The summed E-state index contributed by atoms with van der Waals surface area (Å²) < 4.78 is 24.6. The average molecular weight is 435 g/mol. The van der Waals surface area contributed by atoms with E-state index in [2.05, 4.69) is 0 Å². The quantitative estimate of drug-likeness (QED) is 0.758. The van der Waals surface area contributed by atoms with Crippen LogP contribution in [0.3, 0.4) is 0 Å². The van der Waals surface area contributed by atoms with Gasteiger partial charge in [0.15, 0.2) is 5.75 Å². The minimum Gasteiger partial charge on any atom is -0.503 e. The topological polar surface area (TPSA) is 76.4 Å². The van der Waals surface area contributed by atoms with Crippen LogP contribution in [-0.4, -0.2) is 17.5 Å². The predicted molar refractivity (Wildman–Crippen MR) is 61.4 cm³/mol. The van der Waals surface area contributed by atoms with Gasteiger partial charge >= 0.3 is 5.56 Å². The summed E-state index contributed by atoms with van der Waals surface area (Å²) in [5, 5.41) is 9.21. The molecule has 7 heteroatoms. The van der Waals surface area contributed by atoms with Crippen LogP contribution in [0, 0.1) is 0 Å². The second-order valence-electron chi connectivity index (χ2n) is 3.31. The Hall–Kier alpha value is -1.39. The minimum atomic E-state index is -3.95. The van der Waals surface area contributed by atoms with Gasteiger partial charge in [-0.1, -0.05) is 18.2 Å². The van der Waals surface area contributed by atoms with Crippen LogP contribution < -0.4 is 5.56 Å². The molecule has 0 bridgehead atoms. The van der Waals surface area contributed by atoms with E-state index in [0.29, 0.717) is 3.97 Å². The fraction of sp³-hybridized carbons (Fsp3) is 0. The largest absolute Gasteiger partial charge is 0.503 e. The molecular formula is C11H9NO4SW. The Labute approximate surface area is 118 Å². The van der Waals surface area contributed by atoms with Crippen LogP contribution in [0.5, 0.6) is 5.75 Å². The van der Waals surface area contributed by atoms with Gasteiger partial charge in [-0.3, -0.25) is 4.79 Å². The number of hydrogen-bond acceptors (Lipinski definition) is 4. The normalized spacial score (nSPS) is 10.7. The van der Waals surface area contributed by atoms with Gasteiger partial charge in [-0.25, -0.2) is 12.4 Å². The molecule has 1 aromatic carbocycles. The van der Waals surface area contributed by atoms with Crippen molar-refractivity contribution in [2.24, 2.45) is 0 Å². The van der Waals surface area contributed by atoms with E-state index in [1.807, 2.05) is 0 Å². The Bertz CT molecular complexity index is 694. The molecule has 0 atom stereocenters. The summed E-state index contributed by atoms with van der Waals surface area (Å²) in [6.07, 6.45) is 1.10. The number of aromatic nitrogens is 1. The molecule has 0 saturated carbocycles. The molecule has 1 N–H and O–H groups in total. The van der Waals surface area contributed by atoms with Gasteiger partial charge in [0, 0.05) is 27.3 Å². The Morgan fingerprint density at radius 1 is 1.00 bits per heavy atom. The van der Waals surface area contributed by atoms with Crippen molar-refractivity contribution in [2.75, 3.05) is 0 Å². The van der Waals surface area contributed by atoms with Gasteiger partial charge in [0.25, 0.3) is 10.0 Å². The number of benzene rings is 1. The van der Waals surface area contributed by atoms with E-state index in [4.69, 9.17) is 0 Å². The number of rotatable bonds is 2. The van der Waals surface area contributed by atoms with E-state index in [9.17, 15) is 18.3 Å². The first-order valence-corrected chi connectivity index (χ1v) is 6.19. The molecule has 0 spiro atoms. The van der Waals surface area contributed by atoms with Crippen molar-refractivity contribution < 1.29 is 34.6 Å². The maximum atomic E-state index is 12.1. The summed E-state index contributed by atoms with van der Waals surface area (Å²) >= 11 is 0. The van der Waals surface area contributed by atoms with E-state index in [1.165, 1.54) is 18.2 Å². The number of aromatic hydroxyl groups is 1. The van der Waals surface area contributed by atoms with Crippen molar-refractivity contribution in [1.82, 2.24) is 3.97 Å². The molecule has 2 rings (SSSR count). The van der Waals surface area contributed by atoms with Crippen LogP contribution in [0.4, 0.5) is 0 Å². The Kier molecular flexibility index (Phi) is 4.48. The molecule has 0 amide bonds. The zero-order chi connectivity index (χ0) is 12.5. The smallest absolute Gasteiger partial charge is 0.306 e. The van der Waals surface area contributed by atoms with Gasteiger partial charge in [0.2, 0.25) is 0 Å². The number of pyridine rings is 1. The molecule has 0 aliphatic heterocycles.